The van der Waals surface area contributed by atoms with Crippen molar-refractivity contribution in [2.45, 2.75) is 33.1 Å². The van der Waals surface area contributed by atoms with Crippen LogP contribution in [0.5, 0.6) is 11.5 Å². The summed E-state index contributed by atoms with van der Waals surface area (Å²) in [6, 6.07) is 12.8. The van der Waals surface area contributed by atoms with E-state index in [1.165, 1.54) is 0 Å². The predicted octanol–water partition coefficient (Wildman–Crippen LogP) is 4.03. The number of amides is 1. The average Bonchev–Trinajstić information content (AvgIpc) is 2.61. The van der Waals surface area contributed by atoms with Gasteiger partial charge in [0.05, 0.1) is 19.6 Å². The molecule has 0 atom stereocenters. The van der Waals surface area contributed by atoms with E-state index in [0.29, 0.717) is 42.5 Å². The normalized spacial score (nSPS) is 10.3. The van der Waals surface area contributed by atoms with Gasteiger partial charge in [-0.05, 0) is 42.7 Å². The second-order valence-electron chi connectivity index (χ2n) is 5.82. The fourth-order valence-corrected chi connectivity index (χ4v) is 2.27. The van der Waals surface area contributed by atoms with E-state index in [1.54, 1.807) is 12.1 Å². The maximum absolute atomic E-state index is 12.2. The van der Waals surface area contributed by atoms with Gasteiger partial charge in [0, 0.05) is 17.4 Å². The van der Waals surface area contributed by atoms with E-state index in [2.05, 4.69) is 12.2 Å². The molecule has 0 radical (unpaired) electrons. The van der Waals surface area contributed by atoms with Gasteiger partial charge in [-0.3, -0.25) is 4.79 Å². The van der Waals surface area contributed by atoms with Crippen LogP contribution in [-0.4, -0.2) is 19.1 Å². The molecule has 3 N–H and O–H groups in total. The molecular formula is C20H26N2O3. The van der Waals surface area contributed by atoms with Gasteiger partial charge in [-0.15, -0.1) is 0 Å². The van der Waals surface area contributed by atoms with E-state index >= 15 is 0 Å². The van der Waals surface area contributed by atoms with Crippen molar-refractivity contribution >= 4 is 17.3 Å². The Morgan fingerprint density at radius 2 is 1.60 bits per heavy atom. The Morgan fingerprint density at radius 3 is 2.24 bits per heavy atom. The van der Waals surface area contributed by atoms with Gasteiger partial charge in [-0.1, -0.05) is 26.0 Å². The Bertz CT molecular complexity index is 684. The molecule has 0 heterocycles. The van der Waals surface area contributed by atoms with Crippen molar-refractivity contribution < 1.29 is 14.3 Å². The minimum atomic E-state index is -0.0894. The quantitative estimate of drug-likeness (QED) is 0.675. The number of nitrogens with two attached hydrogens (primary N) is 1. The number of nitrogen functional groups attached to an aromatic ring is 1. The highest BCUT2D eigenvalue weighted by molar-refractivity contribution is 5.92. The molecule has 5 heteroatoms. The predicted molar refractivity (Wildman–Crippen MR) is 101 cm³/mol. The smallest absolute Gasteiger partial charge is 0.228 e. The van der Waals surface area contributed by atoms with Gasteiger partial charge in [0.2, 0.25) is 5.91 Å². The number of benzene rings is 2. The van der Waals surface area contributed by atoms with Crippen LogP contribution in [0.2, 0.25) is 0 Å². The first kappa shape index (κ1) is 18.6. The third-order valence-corrected chi connectivity index (χ3v) is 3.50. The summed E-state index contributed by atoms with van der Waals surface area (Å²) in [5, 5.41) is 2.90. The highest BCUT2D eigenvalue weighted by atomic mass is 16.5. The second kappa shape index (κ2) is 9.57. The van der Waals surface area contributed by atoms with E-state index in [4.69, 9.17) is 15.2 Å². The number of ether oxygens (including phenoxy) is 2. The number of anilines is 2. The number of carbonyl (C=O) groups is 1. The third kappa shape index (κ3) is 6.03. The zero-order valence-electron chi connectivity index (χ0n) is 14.9. The minimum absolute atomic E-state index is 0.0894. The first-order valence-electron chi connectivity index (χ1n) is 8.66. The zero-order chi connectivity index (χ0) is 18.1. The second-order valence-corrected chi connectivity index (χ2v) is 5.82. The maximum atomic E-state index is 12.2. The van der Waals surface area contributed by atoms with E-state index in [1.807, 2.05) is 37.3 Å². The van der Waals surface area contributed by atoms with Crippen molar-refractivity contribution in [3.63, 3.8) is 0 Å². The van der Waals surface area contributed by atoms with Crippen molar-refractivity contribution in [2.75, 3.05) is 24.3 Å². The zero-order valence-corrected chi connectivity index (χ0v) is 14.9. The van der Waals surface area contributed by atoms with Crippen LogP contribution in [-0.2, 0) is 11.2 Å². The highest BCUT2D eigenvalue weighted by Gasteiger charge is 2.09. The number of carbonyl (C=O) groups excluding carboxylic acids is 1. The topological polar surface area (TPSA) is 73.6 Å². The van der Waals surface area contributed by atoms with Crippen LogP contribution >= 0.6 is 0 Å². The third-order valence-electron chi connectivity index (χ3n) is 3.50. The van der Waals surface area contributed by atoms with Crippen LogP contribution in [0.1, 0.15) is 32.3 Å². The van der Waals surface area contributed by atoms with E-state index < -0.39 is 0 Å². The molecule has 25 heavy (non-hydrogen) atoms. The number of hydrogen-bond acceptors (Lipinski definition) is 4. The fraction of sp³-hybridized carbons (Fsp3) is 0.350. The van der Waals surface area contributed by atoms with Crippen molar-refractivity contribution in [2.24, 2.45) is 0 Å². The Labute approximate surface area is 149 Å². The molecule has 0 saturated heterocycles. The van der Waals surface area contributed by atoms with Gasteiger partial charge in [0.15, 0.2) is 11.5 Å². The fourth-order valence-electron chi connectivity index (χ4n) is 2.27. The molecule has 2 rings (SSSR count). The molecule has 2 aromatic rings. The summed E-state index contributed by atoms with van der Waals surface area (Å²) in [7, 11) is 0. The first-order chi connectivity index (χ1) is 12.1. The Kier molecular flexibility index (Phi) is 7.14. The van der Waals surface area contributed by atoms with Crippen LogP contribution in [0, 0.1) is 0 Å². The molecule has 5 nitrogen and oxygen atoms in total. The summed E-state index contributed by atoms with van der Waals surface area (Å²) in [6.45, 7) is 5.33. The van der Waals surface area contributed by atoms with E-state index in [-0.39, 0.29) is 5.91 Å². The Hall–Kier alpha value is -2.69. The SMILES string of the molecule is CCCOc1ccc(NC(=O)Cc2ccc(N)cc2)cc1OCCC. The number of nitrogens with one attached hydrogen (secondary N) is 1. The first-order valence-corrected chi connectivity index (χ1v) is 8.66. The molecule has 0 fully saturated rings. The lowest BCUT2D eigenvalue weighted by Crippen LogP contribution is -2.14. The summed E-state index contributed by atoms with van der Waals surface area (Å²) in [4.78, 5) is 12.2. The van der Waals surface area contributed by atoms with Gasteiger partial charge in [0.1, 0.15) is 0 Å². The maximum Gasteiger partial charge on any atom is 0.228 e. The van der Waals surface area contributed by atoms with Crippen molar-refractivity contribution in [1.82, 2.24) is 0 Å². The van der Waals surface area contributed by atoms with Crippen LogP contribution in [0.4, 0.5) is 11.4 Å². The minimum Gasteiger partial charge on any atom is -0.490 e. The molecule has 0 saturated carbocycles. The summed E-state index contributed by atoms with van der Waals surface area (Å²) >= 11 is 0. The van der Waals surface area contributed by atoms with Crippen molar-refractivity contribution in [3.8, 4) is 11.5 Å². The summed E-state index contributed by atoms with van der Waals surface area (Å²) in [6.07, 6.45) is 2.12. The van der Waals surface area contributed by atoms with Crippen LogP contribution < -0.4 is 20.5 Å². The lowest BCUT2D eigenvalue weighted by molar-refractivity contribution is -0.115. The monoisotopic (exact) mass is 342 g/mol. The van der Waals surface area contributed by atoms with Gasteiger partial charge in [-0.25, -0.2) is 0 Å². The van der Waals surface area contributed by atoms with Crippen molar-refractivity contribution in [1.29, 1.82) is 0 Å². The van der Waals surface area contributed by atoms with Gasteiger partial charge < -0.3 is 20.5 Å². The van der Waals surface area contributed by atoms with Crippen LogP contribution in [0.15, 0.2) is 42.5 Å². The lowest BCUT2D eigenvalue weighted by Gasteiger charge is -2.14. The van der Waals surface area contributed by atoms with E-state index in [9.17, 15) is 4.79 Å². The summed E-state index contributed by atoms with van der Waals surface area (Å²) in [5.41, 5.74) is 7.95. The van der Waals surface area contributed by atoms with Gasteiger partial charge in [0.25, 0.3) is 0 Å². The molecule has 0 aliphatic heterocycles. The molecule has 0 bridgehead atoms. The highest BCUT2D eigenvalue weighted by Crippen LogP contribution is 2.31. The standard InChI is InChI=1S/C20H26N2O3/c1-3-11-24-18-10-9-17(14-19(18)25-12-4-2)22-20(23)13-15-5-7-16(21)8-6-15/h5-10,14H,3-4,11-13,21H2,1-2H3,(H,22,23). The van der Waals surface area contributed by atoms with Gasteiger partial charge in [-0.2, -0.15) is 0 Å². The van der Waals surface area contributed by atoms with Crippen LogP contribution in [0.25, 0.3) is 0 Å². The van der Waals surface area contributed by atoms with Crippen LogP contribution in [0.3, 0.4) is 0 Å². The summed E-state index contributed by atoms with van der Waals surface area (Å²) < 4.78 is 11.4. The lowest BCUT2D eigenvalue weighted by atomic mass is 10.1. The summed E-state index contributed by atoms with van der Waals surface area (Å²) in [5.74, 6) is 1.26. The average molecular weight is 342 g/mol. The molecule has 0 aliphatic carbocycles. The largest absolute Gasteiger partial charge is 0.490 e. The molecule has 1 amide bonds. The Morgan fingerprint density at radius 1 is 0.960 bits per heavy atom. The number of hydrogen-bond donors (Lipinski definition) is 2. The number of rotatable bonds is 9. The molecule has 0 unspecified atom stereocenters. The molecule has 134 valence electrons. The van der Waals surface area contributed by atoms with Crippen molar-refractivity contribution in [3.05, 3.63) is 48.0 Å². The molecule has 0 spiro atoms. The molecule has 2 aromatic carbocycles. The Balaban J connectivity index is 2.04. The molecule has 0 aromatic heterocycles. The van der Waals surface area contributed by atoms with Gasteiger partial charge >= 0.3 is 0 Å². The molecular weight excluding hydrogens is 316 g/mol. The molecule has 0 aliphatic rings. The van der Waals surface area contributed by atoms with E-state index in [0.717, 1.165) is 18.4 Å².